The van der Waals surface area contributed by atoms with Gasteiger partial charge in [0.05, 0.1) is 6.04 Å². The summed E-state index contributed by atoms with van der Waals surface area (Å²) < 4.78 is 0. The Labute approximate surface area is 124 Å². The lowest BCUT2D eigenvalue weighted by atomic mass is 9.86. The van der Waals surface area contributed by atoms with Crippen LogP contribution in [0.1, 0.15) is 26.3 Å². The van der Waals surface area contributed by atoms with E-state index >= 15 is 0 Å². The number of benzene rings is 1. The number of nitrogens with two attached hydrogens (primary N) is 1. The maximum Gasteiger partial charge on any atom is 0.326 e. The summed E-state index contributed by atoms with van der Waals surface area (Å²) in [5.74, 6) is -1.46. The summed E-state index contributed by atoms with van der Waals surface area (Å²) in [6.45, 7) is 5.20. The number of hydrogen-bond acceptors (Lipinski definition) is 4. The number of rotatable bonds is 5. The molecule has 1 amide bonds. The third kappa shape index (κ3) is 5.07. The van der Waals surface area contributed by atoms with Gasteiger partial charge >= 0.3 is 5.97 Å². The number of carboxylic acids is 1. The van der Waals surface area contributed by atoms with Crippen LogP contribution in [-0.2, 0) is 16.0 Å². The van der Waals surface area contributed by atoms with Crippen molar-refractivity contribution in [2.45, 2.75) is 39.3 Å². The minimum absolute atomic E-state index is 0.135. The normalized spacial score (nSPS) is 14.3. The average Bonchev–Trinajstić information content (AvgIpc) is 2.36. The van der Waals surface area contributed by atoms with Crippen LogP contribution in [0.5, 0.6) is 5.75 Å². The Bertz CT molecular complexity index is 505. The van der Waals surface area contributed by atoms with Gasteiger partial charge in [-0.3, -0.25) is 4.79 Å². The molecule has 0 aromatic heterocycles. The smallest absolute Gasteiger partial charge is 0.326 e. The number of hydrogen-bond donors (Lipinski definition) is 4. The van der Waals surface area contributed by atoms with Crippen LogP contribution in [0.4, 0.5) is 0 Å². The van der Waals surface area contributed by atoms with E-state index in [9.17, 15) is 19.8 Å². The van der Waals surface area contributed by atoms with Crippen molar-refractivity contribution >= 4 is 11.9 Å². The summed E-state index contributed by atoms with van der Waals surface area (Å²) in [6.07, 6.45) is 0.266. The molecule has 1 aromatic rings. The molecule has 5 N–H and O–H groups in total. The summed E-state index contributed by atoms with van der Waals surface area (Å²) in [5, 5.41) is 20.8. The number of phenolic OH excluding ortho intramolecular Hbond substituents is 1. The first-order valence-electron chi connectivity index (χ1n) is 6.68. The van der Waals surface area contributed by atoms with Crippen molar-refractivity contribution in [1.82, 2.24) is 5.32 Å². The number of aliphatic carboxylic acids is 1. The van der Waals surface area contributed by atoms with E-state index in [0.29, 0.717) is 0 Å². The van der Waals surface area contributed by atoms with Gasteiger partial charge in [0.2, 0.25) is 5.91 Å². The highest BCUT2D eigenvalue weighted by molar-refractivity contribution is 5.87. The fraction of sp³-hybridized carbons (Fsp3) is 0.467. The second-order valence-electron chi connectivity index (χ2n) is 6.12. The monoisotopic (exact) mass is 294 g/mol. The molecule has 6 nitrogen and oxygen atoms in total. The molecule has 0 aliphatic carbocycles. The largest absolute Gasteiger partial charge is 0.508 e. The molecule has 0 saturated heterocycles. The Balaban J connectivity index is 2.69. The lowest BCUT2D eigenvalue weighted by molar-refractivity contribution is -0.145. The molecule has 0 bridgehead atoms. The van der Waals surface area contributed by atoms with Crippen molar-refractivity contribution in [2.24, 2.45) is 11.1 Å². The highest BCUT2D eigenvalue weighted by atomic mass is 16.4. The summed E-state index contributed by atoms with van der Waals surface area (Å²) in [7, 11) is 0. The van der Waals surface area contributed by atoms with Crippen molar-refractivity contribution in [3.05, 3.63) is 29.8 Å². The number of aromatic hydroxyl groups is 1. The van der Waals surface area contributed by atoms with Crippen LogP contribution in [0.25, 0.3) is 0 Å². The third-order valence-electron chi connectivity index (χ3n) is 3.13. The van der Waals surface area contributed by atoms with Crippen LogP contribution in [-0.4, -0.2) is 34.2 Å². The number of phenols is 1. The number of nitrogens with one attached hydrogen (secondary N) is 1. The third-order valence-corrected chi connectivity index (χ3v) is 3.13. The maximum absolute atomic E-state index is 12.0. The molecule has 116 valence electrons. The second kappa shape index (κ2) is 6.58. The molecule has 1 aromatic carbocycles. The van der Waals surface area contributed by atoms with Crippen LogP contribution in [0.3, 0.4) is 0 Å². The fourth-order valence-electron chi connectivity index (χ4n) is 1.88. The molecule has 21 heavy (non-hydrogen) atoms. The van der Waals surface area contributed by atoms with Crippen molar-refractivity contribution in [1.29, 1.82) is 0 Å². The summed E-state index contributed by atoms with van der Waals surface area (Å²) >= 11 is 0. The number of carbonyl (C=O) groups is 2. The van der Waals surface area contributed by atoms with Gasteiger partial charge in [-0.1, -0.05) is 32.9 Å². The lowest BCUT2D eigenvalue weighted by Gasteiger charge is -2.28. The minimum Gasteiger partial charge on any atom is -0.508 e. The van der Waals surface area contributed by atoms with Gasteiger partial charge in [0.15, 0.2) is 0 Å². The van der Waals surface area contributed by atoms with Crippen molar-refractivity contribution in [2.75, 3.05) is 0 Å². The first-order chi connectivity index (χ1) is 9.61. The summed E-state index contributed by atoms with van der Waals surface area (Å²) in [5.41, 5.74) is 5.99. The topological polar surface area (TPSA) is 113 Å². The molecular weight excluding hydrogens is 272 g/mol. The fourth-order valence-corrected chi connectivity index (χ4v) is 1.88. The quantitative estimate of drug-likeness (QED) is 0.644. The van der Waals surface area contributed by atoms with Crippen LogP contribution in [0, 0.1) is 5.41 Å². The second-order valence-corrected chi connectivity index (χ2v) is 6.12. The zero-order valence-electron chi connectivity index (χ0n) is 12.5. The van der Waals surface area contributed by atoms with Gasteiger partial charge in [-0.15, -0.1) is 0 Å². The van der Waals surface area contributed by atoms with E-state index in [1.54, 1.807) is 32.9 Å². The van der Waals surface area contributed by atoms with Crippen LogP contribution in [0.2, 0.25) is 0 Å². The summed E-state index contributed by atoms with van der Waals surface area (Å²) in [6, 6.07) is 4.50. The van der Waals surface area contributed by atoms with Crippen molar-refractivity contribution in [3.63, 3.8) is 0 Å². The van der Waals surface area contributed by atoms with Crippen molar-refractivity contribution in [3.8, 4) is 5.75 Å². The Kier molecular flexibility index (Phi) is 5.32. The van der Waals surface area contributed by atoms with Gasteiger partial charge in [-0.2, -0.15) is 0 Å². The van der Waals surface area contributed by atoms with E-state index in [2.05, 4.69) is 5.32 Å². The SMILES string of the molecule is CC(C)(C)C(NC(=O)[C@H](N)Cc1ccc(O)cc1)C(=O)O. The van der Waals surface area contributed by atoms with Crippen LogP contribution < -0.4 is 11.1 Å². The molecule has 1 rings (SSSR count). The number of amides is 1. The molecule has 0 aliphatic heterocycles. The molecule has 6 heteroatoms. The highest BCUT2D eigenvalue weighted by Crippen LogP contribution is 2.19. The zero-order valence-corrected chi connectivity index (χ0v) is 12.5. The van der Waals surface area contributed by atoms with Gasteiger partial charge in [0.25, 0.3) is 0 Å². The first kappa shape index (κ1) is 17.0. The zero-order chi connectivity index (χ0) is 16.2. The Morgan fingerprint density at radius 2 is 1.76 bits per heavy atom. The predicted octanol–water partition coefficient (Wildman–Crippen LogP) is 0.877. The first-order valence-corrected chi connectivity index (χ1v) is 6.68. The Morgan fingerprint density at radius 3 is 2.19 bits per heavy atom. The Hall–Kier alpha value is -2.08. The van der Waals surface area contributed by atoms with Crippen molar-refractivity contribution < 1.29 is 19.8 Å². The molecule has 0 fully saturated rings. The highest BCUT2D eigenvalue weighted by Gasteiger charge is 2.33. The molecule has 0 aliphatic rings. The molecule has 1 unspecified atom stereocenters. The maximum atomic E-state index is 12.0. The van der Waals surface area contributed by atoms with Gasteiger partial charge in [0.1, 0.15) is 11.8 Å². The van der Waals surface area contributed by atoms with Crippen LogP contribution in [0.15, 0.2) is 24.3 Å². The lowest BCUT2D eigenvalue weighted by Crippen LogP contribution is -2.54. The summed E-state index contributed by atoms with van der Waals surface area (Å²) in [4.78, 5) is 23.2. The van der Waals surface area contributed by atoms with E-state index < -0.39 is 29.4 Å². The van der Waals surface area contributed by atoms with Gasteiger partial charge in [0, 0.05) is 0 Å². The average molecular weight is 294 g/mol. The molecule has 0 saturated carbocycles. The molecule has 2 atom stereocenters. The van der Waals surface area contributed by atoms with Gasteiger partial charge in [-0.25, -0.2) is 4.79 Å². The standard InChI is InChI=1S/C15H22N2O4/c1-15(2,3)12(14(20)21)17-13(19)11(16)8-9-4-6-10(18)7-5-9/h4-7,11-12,18H,8,16H2,1-3H3,(H,17,19)(H,20,21)/t11-,12?/m1/s1. The number of carbonyl (C=O) groups excluding carboxylic acids is 1. The van der Waals surface area contributed by atoms with E-state index in [0.717, 1.165) is 5.56 Å². The van der Waals surface area contributed by atoms with E-state index in [1.165, 1.54) is 12.1 Å². The van der Waals surface area contributed by atoms with Crippen LogP contribution >= 0.6 is 0 Å². The molecule has 0 heterocycles. The molecular formula is C15H22N2O4. The Morgan fingerprint density at radius 1 is 1.24 bits per heavy atom. The van der Waals surface area contributed by atoms with E-state index in [4.69, 9.17) is 5.73 Å². The van der Waals surface area contributed by atoms with E-state index in [1.807, 2.05) is 0 Å². The molecule has 0 radical (unpaired) electrons. The predicted molar refractivity (Wildman–Crippen MR) is 78.8 cm³/mol. The van der Waals surface area contributed by atoms with E-state index in [-0.39, 0.29) is 12.2 Å². The van der Waals surface area contributed by atoms with Gasteiger partial charge < -0.3 is 21.3 Å². The minimum atomic E-state index is -1.09. The molecule has 0 spiro atoms. The van der Waals surface area contributed by atoms with Gasteiger partial charge in [-0.05, 0) is 29.5 Å². The number of carboxylic acid groups (broad SMARTS) is 1.